The molecule has 0 saturated carbocycles. The van der Waals surface area contributed by atoms with Gasteiger partial charge in [-0.05, 0) is 0 Å². The van der Waals surface area contributed by atoms with Crippen molar-refractivity contribution in [1.29, 1.82) is 0 Å². The molecule has 0 atom stereocenters. The molecule has 0 rings (SSSR count). The van der Waals surface area contributed by atoms with Gasteiger partial charge in [0.05, 0.1) is 0 Å². The first-order valence-corrected chi connectivity index (χ1v) is 4.23. The smallest absolute Gasteiger partial charge is 0.191 e. The lowest BCUT2D eigenvalue weighted by Crippen LogP contribution is -2.66. The minimum absolute atomic E-state index is 2.76. The second-order valence-electron chi connectivity index (χ2n) is 3.01. The summed E-state index contributed by atoms with van der Waals surface area (Å²) in [5, 5.41) is 0. The van der Waals surface area contributed by atoms with Crippen LogP contribution in [0.25, 0.3) is 0 Å². The van der Waals surface area contributed by atoms with Gasteiger partial charge in [-0.2, -0.15) is 52.7 Å². The quantitative estimate of drug-likeness (QED) is 0.519. The molecule has 2 nitrogen and oxygen atoms in total. The number of nitrogens with zero attached hydrogens (tertiary/aromatic N) is 2. The summed E-state index contributed by atoms with van der Waals surface area (Å²) in [5.74, 6) is 0. The fourth-order valence-corrected chi connectivity index (χ4v) is 0.971. The van der Waals surface area contributed by atoms with Crippen LogP contribution in [0.3, 0.4) is 0 Å². The van der Waals surface area contributed by atoms with Crippen molar-refractivity contribution in [3.63, 3.8) is 0 Å². The Kier molecular flexibility index (Phi) is 5.95. The van der Waals surface area contributed by atoms with E-state index < -0.39 is 48.1 Å². The lowest BCUT2D eigenvalue weighted by atomic mass is 10.3. The third-order valence-electron chi connectivity index (χ3n) is 1.85. The maximum Gasteiger partial charge on any atom is 0.391 e. The average molecular weight is 332 g/mol. The van der Waals surface area contributed by atoms with E-state index in [-0.39, 0.29) is 0 Å². The Labute approximate surface area is 102 Å². The van der Waals surface area contributed by atoms with Crippen LogP contribution in [0.1, 0.15) is 0 Å². The molecule has 0 amide bonds. The molecule has 122 valence electrons. The van der Waals surface area contributed by atoms with Crippen molar-refractivity contribution in [1.82, 2.24) is 9.80 Å². The zero-order valence-corrected chi connectivity index (χ0v) is 8.74. The van der Waals surface area contributed by atoms with Crippen molar-refractivity contribution in [3.05, 3.63) is 0 Å². The molecule has 0 heterocycles. The van der Waals surface area contributed by atoms with Gasteiger partial charge in [-0.3, -0.25) is 0 Å². The van der Waals surface area contributed by atoms with Gasteiger partial charge in [0.15, 0.2) is 0 Å². The molecule has 0 N–H and O–H groups in total. The highest BCUT2D eigenvalue weighted by Gasteiger charge is 2.71. The lowest BCUT2D eigenvalue weighted by molar-refractivity contribution is -0.422. The minimum Gasteiger partial charge on any atom is -0.191 e. The van der Waals surface area contributed by atoms with Gasteiger partial charge in [0.1, 0.15) is 0 Å². The Hall–Kier alpha value is -0.920. The third kappa shape index (κ3) is 3.39. The highest BCUT2D eigenvalue weighted by atomic mass is 19.3. The predicted molar refractivity (Wildman–Crippen MR) is 37.6 cm³/mol. The topological polar surface area (TPSA) is 6.48 Å². The molecule has 0 spiro atoms. The zero-order valence-electron chi connectivity index (χ0n) is 8.74. The largest absolute Gasteiger partial charge is 0.391 e. The highest BCUT2D eigenvalue weighted by molar-refractivity contribution is 4.85. The van der Waals surface area contributed by atoms with Crippen LogP contribution < -0.4 is 0 Å². The van der Waals surface area contributed by atoms with Gasteiger partial charge in [0.2, 0.25) is 0 Å². The Morgan fingerprint density at radius 3 is 0.700 bits per heavy atom. The summed E-state index contributed by atoms with van der Waals surface area (Å²) in [6, 6.07) is -13.4. The van der Waals surface area contributed by atoms with Gasteiger partial charge < -0.3 is 0 Å². The van der Waals surface area contributed by atoms with Crippen LogP contribution in [-0.4, -0.2) is 48.1 Å². The van der Waals surface area contributed by atoms with Gasteiger partial charge in [0.25, 0.3) is 0 Å². The van der Waals surface area contributed by atoms with E-state index in [1.54, 1.807) is 0 Å². The molecule has 0 radical (unpaired) electrons. The molecule has 14 heteroatoms. The number of halogens is 12. The minimum atomic E-state index is -6.69. The first-order chi connectivity index (χ1) is 8.78. The summed E-state index contributed by atoms with van der Waals surface area (Å²) in [6.07, 6.45) is 0. The Morgan fingerprint density at radius 2 is 0.600 bits per heavy atom. The molecule has 0 aromatic heterocycles. The van der Waals surface area contributed by atoms with Crippen molar-refractivity contribution in [2.75, 3.05) is 0 Å². The van der Waals surface area contributed by atoms with Gasteiger partial charge in [0, 0.05) is 0 Å². The summed E-state index contributed by atoms with van der Waals surface area (Å²) in [4.78, 5) is -5.52. The van der Waals surface area contributed by atoms with E-state index >= 15 is 0 Å². The van der Waals surface area contributed by atoms with Crippen LogP contribution in [0.2, 0.25) is 0 Å². The van der Waals surface area contributed by atoms with Crippen LogP contribution in [0.15, 0.2) is 0 Å². The standard InChI is InChI=1S/C6H4F12N2/c7-1(8)19(2(9)10)5(15,16)6(17,18)20(3(11)12)4(13)14/h1-4H. The Bertz CT molecular complexity index is 258. The molecule has 0 fully saturated rings. The molecule has 0 aliphatic rings. The number of rotatable bonds is 7. The summed E-state index contributed by atoms with van der Waals surface area (Å²) >= 11 is 0. The molecule has 0 bridgehead atoms. The second-order valence-corrected chi connectivity index (χ2v) is 3.01. The maximum atomic E-state index is 12.8. The van der Waals surface area contributed by atoms with Gasteiger partial charge >= 0.3 is 38.3 Å². The molecule has 0 aliphatic heterocycles. The van der Waals surface area contributed by atoms with E-state index in [0.29, 0.717) is 0 Å². The van der Waals surface area contributed by atoms with Crippen molar-refractivity contribution in [2.45, 2.75) is 38.3 Å². The van der Waals surface area contributed by atoms with E-state index in [1.807, 2.05) is 0 Å². The average Bonchev–Trinajstić information content (AvgIpc) is 2.11. The monoisotopic (exact) mass is 332 g/mol. The van der Waals surface area contributed by atoms with Crippen LogP contribution >= 0.6 is 0 Å². The summed E-state index contributed by atoms with van der Waals surface area (Å²) < 4.78 is 146. The predicted octanol–water partition coefficient (Wildman–Crippen LogP) is 3.67. The molecular formula is C6H4F12N2. The van der Waals surface area contributed by atoms with E-state index in [4.69, 9.17) is 0 Å². The van der Waals surface area contributed by atoms with E-state index in [1.165, 1.54) is 0 Å². The summed E-state index contributed by atoms with van der Waals surface area (Å²) in [5.41, 5.74) is 0. The number of hydrogen-bond acceptors (Lipinski definition) is 2. The zero-order chi connectivity index (χ0) is 16.5. The molecule has 0 aromatic carbocycles. The lowest BCUT2D eigenvalue weighted by Gasteiger charge is -2.39. The first-order valence-electron chi connectivity index (χ1n) is 4.23. The fourth-order valence-electron chi connectivity index (χ4n) is 0.971. The molecular weight excluding hydrogens is 328 g/mol. The van der Waals surface area contributed by atoms with Gasteiger partial charge in [-0.1, -0.05) is 0 Å². The normalized spacial score (nSPS) is 14.7. The molecule has 0 saturated heterocycles. The SMILES string of the molecule is FC(F)N(C(F)F)C(F)(F)C(F)(F)N(C(F)F)C(F)F. The second kappa shape index (κ2) is 6.24. The van der Waals surface area contributed by atoms with E-state index in [2.05, 4.69) is 0 Å². The molecule has 0 aliphatic carbocycles. The van der Waals surface area contributed by atoms with Crippen molar-refractivity contribution in [2.24, 2.45) is 0 Å². The first kappa shape index (κ1) is 19.1. The maximum absolute atomic E-state index is 12.8. The van der Waals surface area contributed by atoms with Gasteiger partial charge in [-0.15, -0.1) is 9.80 Å². The van der Waals surface area contributed by atoms with Crippen LogP contribution in [0.5, 0.6) is 0 Å². The number of alkyl halides is 12. The van der Waals surface area contributed by atoms with Crippen molar-refractivity contribution >= 4 is 0 Å². The van der Waals surface area contributed by atoms with Crippen molar-refractivity contribution in [3.8, 4) is 0 Å². The van der Waals surface area contributed by atoms with E-state index in [0.717, 1.165) is 0 Å². The Morgan fingerprint density at radius 1 is 0.450 bits per heavy atom. The fraction of sp³-hybridized carbons (Fsp3) is 1.00. The molecule has 20 heavy (non-hydrogen) atoms. The molecule has 0 aromatic rings. The summed E-state index contributed by atoms with van der Waals surface area (Å²) in [6.45, 7) is -19.7. The summed E-state index contributed by atoms with van der Waals surface area (Å²) in [7, 11) is 0. The third-order valence-corrected chi connectivity index (χ3v) is 1.85. The van der Waals surface area contributed by atoms with Gasteiger partial charge in [-0.25, -0.2) is 0 Å². The van der Waals surface area contributed by atoms with Crippen LogP contribution in [0, 0.1) is 0 Å². The van der Waals surface area contributed by atoms with Crippen LogP contribution in [-0.2, 0) is 0 Å². The highest BCUT2D eigenvalue weighted by Crippen LogP contribution is 2.45. The number of hydrogen-bond donors (Lipinski definition) is 0. The van der Waals surface area contributed by atoms with Crippen molar-refractivity contribution < 1.29 is 52.7 Å². The van der Waals surface area contributed by atoms with Crippen LogP contribution in [0.4, 0.5) is 52.7 Å². The molecule has 0 unspecified atom stereocenters. The van der Waals surface area contributed by atoms with E-state index in [9.17, 15) is 52.7 Å². The Balaban J connectivity index is 5.73.